The number of benzene rings is 1. The summed E-state index contributed by atoms with van der Waals surface area (Å²) in [4.78, 5) is 0.172. The number of nitrogens with one attached hydrogen (secondary N) is 1. The van der Waals surface area contributed by atoms with Gasteiger partial charge in [-0.2, -0.15) is 11.8 Å². The molecule has 1 rings (SSSR count). The summed E-state index contributed by atoms with van der Waals surface area (Å²) < 4.78 is 26.8. The first kappa shape index (κ1) is 16.8. The third-order valence-corrected chi connectivity index (χ3v) is 5.30. The van der Waals surface area contributed by atoms with E-state index in [-0.39, 0.29) is 17.4 Å². The predicted molar refractivity (Wildman–Crippen MR) is 82.1 cm³/mol. The van der Waals surface area contributed by atoms with Crippen LogP contribution in [0.25, 0.3) is 0 Å². The van der Waals surface area contributed by atoms with Crippen molar-refractivity contribution in [3.63, 3.8) is 0 Å². The van der Waals surface area contributed by atoms with Gasteiger partial charge in [0.05, 0.1) is 4.90 Å². The van der Waals surface area contributed by atoms with E-state index in [0.29, 0.717) is 11.6 Å². The van der Waals surface area contributed by atoms with E-state index in [1.54, 1.807) is 17.8 Å². The Morgan fingerprint density at radius 1 is 1.47 bits per heavy atom. The van der Waals surface area contributed by atoms with E-state index in [1.165, 1.54) is 12.1 Å². The zero-order valence-electron chi connectivity index (χ0n) is 11.0. The van der Waals surface area contributed by atoms with Crippen molar-refractivity contribution >= 4 is 33.4 Å². The number of hydrogen-bond donors (Lipinski definition) is 2. The lowest BCUT2D eigenvalue weighted by Crippen LogP contribution is -2.29. The maximum atomic E-state index is 12.1. The molecule has 0 bridgehead atoms. The molecule has 4 nitrogen and oxygen atoms in total. The molecule has 0 aromatic heterocycles. The number of hydrogen-bond acceptors (Lipinski definition) is 4. The van der Waals surface area contributed by atoms with Crippen LogP contribution in [0.2, 0.25) is 5.02 Å². The molecule has 0 aliphatic rings. The van der Waals surface area contributed by atoms with Crippen molar-refractivity contribution in [1.29, 1.82) is 0 Å². The lowest BCUT2D eigenvalue weighted by molar-refractivity contribution is 0.562. The summed E-state index contributed by atoms with van der Waals surface area (Å²) in [7, 11) is -3.51. The van der Waals surface area contributed by atoms with Crippen LogP contribution in [-0.2, 0) is 16.6 Å². The van der Waals surface area contributed by atoms with E-state index < -0.39 is 10.0 Å². The maximum Gasteiger partial charge on any atom is 0.240 e. The van der Waals surface area contributed by atoms with Gasteiger partial charge in [0.15, 0.2) is 0 Å². The Hall–Kier alpha value is -0.270. The topological polar surface area (TPSA) is 72.2 Å². The number of rotatable bonds is 7. The zero-order valence-corrected chi connectivity index (χ0v) is 13.4. The van der Waals surface area contributed by atoms with Crippen molar-refractivity contribution in [2.24, 2.45) is 11.7 Å². The third kappa shape index (κ3) is 4.96. The Morgan fingerprint density at radius 2 is 2.16 bits per heavy atom. The maximum absolute atomic E-state index is 12.1. The lowest BCUT2D eigenvalue weighted by Gasteiger charge is -2.12. The molecule has 1 unspecified atom stereocenters. The van der Waals surface area contributed by atoms with E-state index in [2.05, 4.69) is 4.72 Å². The minimum atomic E-state index is -3.51. The Labute approximate surface area is 124 Å². The second-order valence-electron chi connectivity index (χ2n) is 4.37. The first-order valence-electron chi connectivity index (χ1n) is 5.87. The van der Waals surface area contributed by atoms with Crippen LogP contribution >= 0.6 is 23.4 Å². The van der Waals surface area contributed by atoms with Crippen molar-refractivity contribution in [2.45, 2.75) is 18.4 Å². The molecule has 0 heterocycles. The molecule has 0 saturated carbocycles. The van der Waals surface area contributed by atoms with Crippen molar-refractivity contribution in [2.75, 3.05) is 18.6 Å². The molecular weight excluding hydrogens is 304 g/mol. The number of thioether (sulfide) groups is 1. The summed E-state index contributed by atoms with van der Waals surface area (Å²) in [6.07, 6.45) is 2.00. The van der Waals surface area contributed by atoms with Crippen LogP contribution in [0.4, 0.5) is 0 Å². The van der Waals surface area contributed by atoms with E-state index in [0.717, 1.165) is 11.3 Å². The van der Waals surface area contributed by atoms with Gasteiger partial charge in [0, 0.05) is 18.1 Å². The SMILES string of the molecule is CSCC(C)CNS(=O)(=O)c1ccc(CN)c(Cl)c1. The quantitative estimate of drug-likeness (QED) is 0.806. The molecule has 0 spiro atoms. The summed E-state index contributed by atoms with van der Waals surface area (Å²) in [5.74, 6) is 1.19. The zero-order chi connectivity index (χ0) is 14.5. The second-order valence-corrected chi connectivity index (χ2v) is 7.45. The Bertz CT molecular complexity index is 520. The monoisotopic (exact) mass is 322 g/mol. The van der Waals surface area contributed by atoms with Crippen LogP contribution in [0.5, 0.6) is 0 Å². The summed E-state index contributed by atoms with van der Waals surface area (Å²) in [5, 5.41) is 0.377. The Kier molecular flexibility index (Phi) is 6.62. The van der Waals surface area contributed by atoms with E-state index in [1.807, 2.05) is 13.2 Å². The number of halogens is 1. The van der Waals surface area contributed by atoms with Gasteiger partial charge < -0.3 is 5.73 Å². The highest BCUT2D eigenvalue weighted by atomic mass is 35.5. The van der Waals surface area contributed by atoms with Gasteiger partial charge in [-0.1, -0.05) is 24.6 Å². The van der Waals surface area contributed by atoms with Crippen LogP contribution < -0.4 is 10.5 Å². The van der Waals surface area contributed by atoms with Gasteiger partial charge in [-0.05, 0) is 35.6 Å². The summed E-state index contributed by atoms with van der Waals surface area (Å²) in [5.41, 5.74) is 6.22. The van der Waals surface area contributed by atoms with Gasteiger partial charge in [0.1, 0.15) is 0 Å². The molecule has 7 heteroatoms. The van der Waals surface area contributed by atoms with Crippen molar-refractivity contribution in [3.8, 4) is 0 Å². The van der Waals surface area contributed by atoms with E-state index >= 15 is 0 Å². The van der Waals surface area contributed by atoms with Crippen LogP contribution in [0, 0.1) is 5.92 Å². The molecule has 0 aliphatic carbocycles. The molecule has 108 valence electrons. The normalized spacial score (nSPS) is 13.5. The first-order chi connectivity index (χ1) is 8.90. The Morgan fingerprint density at radius 3 is 2.68 bits per heavy atom. The summed E-state index contributed by atoms with van der Waals surface area (Å²) in [6, 6.07) is 4.60. The highest BCUT2D eigenvalue weighted by Gasteiger charge is 2.16. The molecule has 0 amide bonds. The van der Waals surface area contributed by atoms with Gasteiger partial charge in [-0.3, -0.25) is 0 Å². The fourth-order valence-electron chi connectivity index (χ4n) is 1.54. The number of sulfonamides is 1. The van der Waals surface area contributed by atoms with Gasteiger partial charge >= 0.3 is 0 Å². The van der Waals surface area contributed by atoms with Crippen LogP contribution in [0.15, 0.2) is 23.1 Å². The van der Waals surface area contributed by atoms with E-state index in [4.69, 9.17) is 17.3 Å². The molecule has 1 aromatic carbocycles. The lowest BCUT2D eigenvalue weighted by atomic mass is 10.2. The minimum absolute atomic E-state index is 0.172. The molecule has 0 fully saturated rings. The number of nitrogens with two attached hydrogens (primary N) is 1. The van der Waals surface area contributed by atoms with Gasteiger partial charge in [-0.15, -0.1) is 0 Å². The van der Waals surface area contributed by atoms with Crippen LogP contribution in [0.3, 0.4) is 0 Å². The average molecular weight is 323 g/mol. The largest absolute Gasteiger partial charge is 0.326 e. The van der Waals surface area contributed by atoms with Crippen LogP contribution in [0.1, 0.15) is 12.5 Å². The molecule has 0 aliphatic heterocycles. The van der Waals surface area contributed by atoms with E-state index in [9.17, 15) is 8.42 Å². The van der Waals surface area contributed by atoms with Crippen molar-refractivity contribution < 1.29 is 8.42 Å². The second kappa shape index (κ2) is 7.50. The fourth-order valence-corrected chi connectivity index (χ4v) is 3.74. The average Bonchev–Trinajstić information content (AvgIpc) is 2.37. The summed E-state index contributed by atoms with van der Waals surface area (Å²) in [6.45, 7) is 2.71. The Balaban J connectivity index is 2.80. The molecule has 3 N–H and O–H groups in total. The fraction of sp³-hybridized carbons (Fsp3) is 0.500. The van der Waals surface area contributed by atoms with Crippen molar-refractivity contribution in [3.05, 3.63) is 28.8 Å². The highest BCUT2D eigenvalue weighted by molar-refractivity contribution is 7.98. The van der Waals surface area contributed by atoms with Gasteiger partial charge in [0.2, 0.25) is 10.0 Å². The van der Waals surface area contributed by atoms with Crippen molar-refractivity contribution in [1.82, 2.24) is 4.72 Å². The minimum Gasteiger partial charge on any atom is -0.326 e. The third-order valence-electron chi connectivity index (χ3n) is 2.63. The van der Waals surface area contributed by atoms with Gasteiger partial charge in [-0.25, -0.2) is 13.1 Å². The molecule has 0 saturated heterocycles. The molecule has 0 radical (unpaired) electrons. The highest BCUT2D eigenvalue weighted by Crippen LogP contribution is 2.20. The molecule has 19 heavy (non-hydrogen) atoms. The standard InChI is InChI=1S/C12H19ClN2O2S2/c1-9(8-18-2)7-15-19(16,17)11-4-3-10(6-14)12(13)5-11/h3-5,9,15H,6-8,14H2,1-2H3. The molecule has 1 atom stereocenters. The predicted octanol–water partition coefficient (Wildman–Crippen LogP) is 2.08. The summed E-state index contributed by atoms with van der Waals surface area (Å²) >= 11 is 7.67. The van der Waals surface area contributed by atoms with Crippen LogP contribution in [-0.4, -0.2) is 27.0 Å². The molecule has 1 aromatic rings. The molecular formula is C12H19ClN2O2S2. The van der Waals surface area contributed by atoms with Gasteiger partial charge in [0.25, 0.3) is 0 Å². The smallest absolute Gasteiger partial charge is 0.240 e. The first-order valence-corrected chi connectivity index (χ1v) is 9.13.